The molecule has 0 saturated heterocycles. The smallest absolute Gasteiger partial charge is 0.306 e. The van der Waals surface area contributed by atoms with Gasteiger partial charge in [0.05, 0.1) is 40.3 Å². The highest BCUT2D eigenvalue weighted by Gasteiger charge is 2.22. The van der Waals surface area contributed by atoms with Crippen molar-refractivity contribution in [2.45, 2.75) is 373 Å². The Morgan fingerprint density at radius 1 is 0.353 bits per heavy atom. The van der Waals surface area contributed by atoms with Crippen LogP contribution in [0.1, 0.15) is 361 Å². The Kier molecular flexibility index (Phi) is 65.0. The number of carbonyl (C=O) groups is 3. The Bertz CT molecular complexity index is 1530. The maximum absolute atomic E-state index is 12.9. The van der Waals surface area contributed by atoms with Gasteiger partial charge in [-0.3, -0.25) is 9.59 Å². The van der Waals surface area contributed by atoms with Crippen molar-refractivity contribution >= 4 is 17.9 Å². The maximum atomic E-state index is 12.9. The van der Waals surface area contributed by atoms with Gasteiger partial charge in [-0.1, -0.05) is 319 Å². The van der Waals surface area contributed by atoms with E-state index in [1.807, 2.05) is 21.1 Å². The first-order valence-corrected chi connectivity index (χ1v) is 36.8. The number of hydrogen-bond donors (Lipinski definition) is 0. The van der Waals surface area contributed by atoms with E-state index in [1.54, 1.807) is 0 Å². The number of esters is 2. The fourth-order valence-corrected chi connectivity index (χ4v) is 10.9. The number of rotatable bonds is 69. The first-order chi connectivity index (χ1) is 41.6. The number of quaternary nitrogens is 1. The van der Waals surface area contributed by atoms with Crippen molar-refractivity contribution < 1.29 is 42.9 Å². The molecule has 0 aliphatic rings. The summed E-state index contributed by atoms with van der Waals surface area (Å²) in [5, 5.41) is 11.8. The van der Waals surface area contributed by atoms with Gasteiger partial charge in [0.2, 0.25) is 0 Å². The van der Waals surface area contributed by atoms with Crippen molar-refractivity contribution in [2.75, 3.05) is 47.5 Å². The molecule has 0 aromatic heterocycles. The molecule has 2 unspecified atom stereocenters. The Labute approximate surface area is 527 Å². The van der Waals surface area contributed by atoms with Crippen LogP contribution in [0, 0.1) is 0 Å². The number of ether oxygens (including phenoxy) is 4. The van der Waals surface area contributed by atoms with Crippen molar-refractivity contribution in [3.8, 4) is 0 Å². The average Bonchev–Trinajstić information content (AvgIpc) is 3.49. The topological polar surface area (TPSA) is 111 Å². The monoisotopic (exact) mass is 1200 g/mol. The largest absolute Gasteiger partial charge is 0.545 e. The zero-order chi connectivity index (χ0) is 61.9. The van der Waals surface area contributed by atoms with E-state index >= 15 is 0 Å². The van der Waals surface area contributed by atoms with Crippen LogP contribution in [-0.4, -0.2) is 82.3 Å². The zero-order valence-electron chi connectivity index (χ0n) is 57.0. The number of carboxylic acid groups (broad SMARTS) is 1. The Morgan fingerprint density at radius 3 is 0.953 bits per heavy atom. The summed E-state index contributed by atoms with van der Waals surface area (Å²) in [6, 6.07) is 0. The first kappa shape index (κ1) is 82.2. The lowest BCUT2D eigenvalue weighted by atomic mass is 10.0. The van der Waals surface area contributed by atoms with Crippen molar-refractivity contribution in [2.24, 2.45) is 0 Å². The van der Waals surface area contributed by atoms with E-state index in [0.29, 0.717) is 17.4 Å². The third-order valence-corrected chi connectivity index (χ3v) is 16.5. The number of unbranched alkanes of at least 4 members (excludes halogenated alkanes) is 46. The van der Waals surface area contributed by atoms with Gasteiger partial charge in [-0.05, 0) is 77.0 Å². The molecule has 0 aliphatic heterocycles. The van der Waals surface area contributed by atoms with Gasteiger partial charge >= 0.3 is 11.9 Å². The maximum Gasteiger partial charge on any atom is 0.306 e. The van der Waals surface area contributed by atoms with E-state index in [2.05, 4.69) is 62.5 Å². The van der Waals surface area contributed by atoms with Crippen LogP contribution in [0.3, 0.4) is 0 Å². The summed E-state index contributed by atoms with van der Waals surface area (Å²) in [7, 11) is 5.94. The Morgan fingerprint density at radius 2 is 0.635 bits per heavy atom. The molecular formula is C76H141NO8. The summed E-state index contributed by atoms with van der Waals surface area (Å²) in [6.45, 7) is 4.79. The molecule has 0 aromatic carbocycles. The number of hydrogen-bond acceptors (Lipinski definition) is 8. The number of allylic oxidation sites excluding steroid dienone is 8. The highest BCUT2D eigenvalue weighted by atomic mass is 16.7. The van der Waals surface area contributed by atoms with Crippen LogP contribution < -0.4 is 5.11 Å². The lowest BCUT2D eigenvalue weighted by Crippen LogP contribution is -2.44. The van der Waals surface area contributed by atoms with Crippen LogP contribution >= 0.6 is 0 Å². The molecule has 0 aliphatic carbocycles. The third-order valence-electron chi connectivity index (χ3n) is 16.5. The average molecular weight is 1200 g/mol. The third kappa shape index (κ3) is 68.6. The summed E-state index contributed by atoms with van der Waals surface area (Å²) < 4.78 is 22.8. The van der Waals surface area contributed by atoms with E-state index in [0.717, 1.165) is 51.4 Å². The second-order valence-corrected chi connectivity index (χ2v) is 26.2. The van der Waals surface area contributed by atoms with E-state index in [9.17, 15) is 19.5 Å². The number of nitrogens with zero attached hydrogens (tertiary/aromatic N) is 1. The lowest BCUT2D eigenvalue weighted by Gasteiger charge is -2.26. The van der Waals surface area contributed by atoms with E-state index in [1.165, 1.54) is 283 Å². The molecule has 9 nitrogen and oxygen atoms in total. The molecule has 9 heteroatoms. The van der Waals surface area contributed by atoms with E-state index in [-0.39, 0.29) is 32.2 Å². The van der Waals surface area contributed by atoms with Gasteiger partial charge in [0.15, 0.2) is 12.4 Å². The van der Waals surface area contributed by atoms with Crippen molar-refractivity contribution in [1.82, 2.24) is 0 Å². The highest BCUT2D eigenvalue weighted by molar-refractivity contribution is 5.70. The molecule has 0 rings (SSSR count). The van der Waals surface area contributed by atoms with Crippen LogP contribution in [-0.2, 0) is 33.3 Å². The van der Waals surface area contributed by atoms with Gasteiger partial charge in [0.1, 0.15) is 13.2 Å². The molecule has 0 radical (unpaired) electrons. The number of aliphatic carboxylic acids is 1. The molecule has 0 spiro atoms. The fourth-order valence-electron chi connectivity index (χ4n) is 10.9. The van der Waals surface area contributed by atoms with Crippen molar-refractivity contribution in [3.63, 3.8) is 0 Å². The van der Waals surface area contributed by atoms with Gasteiger partial charge in [0.25, 0.3) is 0 Å². The molecule has 2 atom stereocenters. The first-order valence-electron chi connectivity index (χ1n) is 36.8. The van der Waals surface area contributed by atoms with Gasteiger partial charge in [0, 0.05) is 12.8 Å². The molecule has 0 saturated carbocycles. The van der Waals surface area contributed by atoms with E-state index < -0.39 is 24.3 Å². The van der Waals surface area contributed by atoms with Gasteiger partial charge in [-0.2, -0.15) is 0 Å². The molecule has 0 fully saturated rings. The van der Waals surface area contributed by atoms with Crippen LogP contribution in [0.2, 0.25) is 0 Å². The van der Waals surface area contributed by atoms with Crippen LogP contribution in [0.15, 0.2) is 48.6 Å². The quantitative estimate of drug-likeness (QED) is 0.0195. The molecule has 0 heterocycles. The van der Waals surface area contributed by atoms with E-state index in [4.69, 9.17) is 18.9 Å². The van der Waals surface area contributed by atoms with Crippen molar-refractivity contribution in [3.05, 3.63) is 48.6 Å². The second-order valence-electron chi connectivity index (χ2n) is 26.2. The molecule has 0 amide bonds. The van der Waals surface area contributed by atoms with Gasteiger partial charge in [-0.25, -0.2) is 0 Å². The predicted molar refractivity (Wildman–Crippen MR) is 362 cm³/mol. The summed E-state index contributed by atoms with van der Waals surface area (Å²) in [5.41, 5.74) is 0. The summed E-state index contributed by atoms with van der Waals surface area (Å²) in [6.07, 6.45) is 83.6. The molecule has 0 bridgehead atoms. The van der Waals surface area contributed by atoms with Gasteiger partial charge in [-0.15, -0.1) is 0 Å². The summed E-state index contributed by atoms with van der Waals surface area (Å²) >= 11 is 0. The highest BCUT2D eigenvalue weighted by Crippen LogP contribution is 2.19. The summed E-state index contributed by atoms with van der Waals surface area (Å²) in [4.78, 5) is 37.5. The predicted octanol–water partition coefficient (Wildman–Crippen LogP) is 21.6. The Balaban J connectivity index is 3.98. The summed E-state index contributed by atoms with van der Waals surface area (Å²) in [5.74, 6) is -2.26. The Hall–Kier alpha value is -2.75. The molecular weight excluding hydrogens is 1050 g/mol. The van der Waals surface area contributed by atoms with Gasteiger partial charge < -0.3 is 33.3 Å². The zero-order valence-corrected chi connectivity index (χ0v) is 57.0. The number of likely N-dealkylation sites (N-methyl/N-ethyl adjacent to an activating group) is 1. The normalized spacial score (nSPS) is 12.9. The standard InChI is InChI=1S/C76H141NO8/c1-6-8-10-12-14-16-18-20-22-24-26-28-29-30-31-32-33-34-35-36-37-38-39-40-41-42-43-44-45-47-49-51-53-55-57-59-61-63-65-67-74(79)85-72(71-84-76(75(80)81)82-69-68-77(3,4)5)70-83-73(78)66-64-62-60-58-56-54-52-50-48-46-27-25-23-21-19-17-15-13-11-9-7-2/h18,20,24-27,29-30,72,76H,6-17,19,21-23,28,31-71H2,1-5H3/b20-18-,26-24-,27-25-,30-29-. The minimum Gasteiger partial charge on any atom is -0.545 e. The second kappa shape index (κ2) is 67.2. The minimum atomic E-state index is -1.62. The minimum absolute atomic E-state index is 0.149. The SMILES string of the molecule is CCCCCCC/C=C\C/C=C\C/C=C\CCCCCCCCCCCCCCCCCCCCCCCCCCC(=O)OC(COC(=O)CCCCCCCCCCC/C=C\CCCCCCCCCC)COC(OCC[N+](C)(C)C)C(=O)[O-]. The number of carbonyl (C=O) groups excluding carboxylic acids is 3. The lowest BCUT2D eigenvalue weighted by molar-refractivity contribution is -0.870. The fraction of sp³-hybridized carbons (Fsp3) is 0.855. The molecule has 0 N–H and O–H groups in total. The molecule has 0 aromatic rings. The van der Waals surface area contributed by atoms with Crippen LogP contribution in [0.4, 0.5) is 0 Å². The van der Waals surface area contributed by atoms with Crippen LogP contribution in [0.5, 0.6) is 0 Å². The van der Waals surface area contributed by atoms with Crippen LogP contribution in [0.25, 0.3) is 0 Å². The number of carboxylic acids is 1. The molecule has 85 heavy (non-hydrogen) atoms. The van der Waals surface area contributed by atoms with Crippen molar-refractivity contribution in [1.29, 1.82) is 0 Å². The molecule has 498 valence electrons.